The molecule has 4 aromatic rings. The second-order valence-corrected chi connectivity index (χ2v) is 8.97. The van der Waals surface area contributed by atoms with Gasteiger partial charge in [-0.2, -0.15) is 4.98 Å². The smallest absolute Gasteiger partial charge is 0.332 e. The lowest BCUT2D eigenvalue weighted by Crippen LogP contribution is -2.41. The molecule has 0 bridgehead atoms. The van der Waals surface area contributed by atoms with Crippen molar-refractivity contribution < 1.29 is 5.11 Å². The van der Waals surface area contributed by atoms with Crippen molar-refractivity contribution in [1.29, 1.82) is 0 Å². The summed E-state index contributed by atoms with van der Waals surface area (Å²) < 4.78 is 5.47. The first-order valence-electron chi connectivity index (χ1n) is 10.9. The van der Waals surface area contributed by atoms with Crippen LogP contribution >= 0.6 is 11.3 Å². The van der Waals surface area contributed by atoms with Gasteiger partial charge in [-0.25, -0.2) is 9.20 Å². The molecular weight excluding hydrogens is 430 g/mol. The minimum atomic E-state index is -0.524. The van der Waals surface area contributed by atoms with Crippen molar-refractivity contribution in [3.8, 4) is 5.88 Å². The monoisotopic (exact) mass is 457 g/mol. The molecule has 0 aliphatic carbocycles. The second kappa shape index (κ2) is 8.78. The highest BCUT2D eigenvalue weighted by Gasteiger charge is 2.24. The van der Waals surface area contributed by atoms with E-state index in [1.54, 1.807) is 0 Å². The Bertz CT molecular complexity index is 1460. The van der Waals surface area contributed by atoms with Gasteiger partial charge in [-0.05, 0) is 31.2 Å². The Balaban J connectivity index is 2.15. The first-order chi connectivity index (χ1) is 15.4. The van der Waals surface area contributed by atoms with Crippen LogP contribution in [0.3, 0.4) is 0 Å². The summed E-state index contributed by atoms with van der Waals surface area (Å²) in [6, 6.07) is 3.83. The fraction of sp³-hybridized carbons (Fsp3) is 0.455. The number of fused-ring (bicyclic) bond motifs is 3. The summed E-state index contributed by atoms with van der Waals surface area (Å²) in [4.78, 5) is 45.3. The molecule has 0 radical (unpaired) electrons. The van der Waals surface area contributed by atoms with E-state index in [1.807, 2.05) is 31.4 Å². The highest BCUT2D eigenvalue weighted by atomic mass is 32.1. The second-order valence-electron chi connectivity index (χ2n) is 7.94. The Hall–Kier alpha value is -3.14. The minimum Gasteiger partial charge on any atom is -0.494 e. The Labute approximate surface area is 187 Å². The summed E-state index contributed by atoms with van der Waals surface area (Å²) in [5, 5.41) is 12.7. The van der Waals surface area contributed by atoms with Gasteiger partial charge in [0.1, 0.15) is 0 Å². The molecule has 0 amide bonds. The molecule has 170 valence electrons. The van der Waals surface area contributed by atoms with Gasteiger partial charge in [-0.15, -0.1) is 11.3 Å². The van der Waals surface area contributed by atoms with Gasteiger partial charge in [-0.1, -0.05) is 32.8 Å². The molecule has 32 heavy (non-hydrogen) atoms. The van der Waals surface area contributed by atoms with Crippen molar-refractivity contribution in [3.05, 3.63) is 59.1 Å². The van der Waals surface area contributed by atoms with Crippen molar-refractivity contribution in [3.63, 3.8) is 0 Å². The topological polar surface area (TPSA) is 104 Å². The number of nitrogens with zero attached hydrogens (tertiary/aromatic N) is 5. The van der Waals surface area contributed by atoms with Gasteiger partial charge < -0.3 is 5.11 Å². The number of rotatable bonds is 8. The van der Waals surface area contributed by atoms with Gasteiger partial charge in [0.2, 0.25) is 11.7 Å². The van der Waals surface area contributed by atoms with Gasteiger partial charge in [0.15, 0.2) is 11.2 Å². The molecule has 4 heterocycles. The molecule has 0 saturated heterocycles. The molecule has 9 nitrogen and oxygen atoms in total. The number of aromatic nitrogens is 5. The molecule has 0 fully saturated rings. The van der Waals surface area contributed by atoms with E-state index in [0.29, 0.717) is 19.5 Å². The molecule has 1 N–H and O–H groups in total. The molecule has 10 heteroatoms. The number of hydrogen-bond donors (Lipinski definition) is 1. The standard InChI is InChI=1S/C22H27N5O4S/c1-4-6-10-24-17-16(20(30)25(22(24)31)11-7-5-2)27-19(29)14(3)18(28)26(21(27)23-17)13-15-9-8-12-32-15/h8-9,12,28H,4-7,10-11,13H2,1-3H3. The van der Waals surface area contributed by atoms with Crippen LogP contribution in [0.1, 0.15) is 50.0 Å². The first-order valence-corrected chi connectivity index (χ1v) is 11.8. The van der Waals surface area contributed by atoms with Crippen LogP contribution in [0.4, 0.5) is 0 Å². The van der Waals surface area contributed by atoms with Crippen LogP contribution < -0.4 is 16.8 Å². The molecule has 0 unspecified atom stereocenters. The third-order valence-electron chi connectivity index (χ3n) is 5.73. The summed E-state index contributed by atoms with van der Waals surface area (Å²) in [6.45, 7) is 6.50. The predicted octanol–water partition coefficient (Wildman–Crippen LogP) is 2.70. The lowest BCUT2D eigenvalue weighted by molar-refractivity contribution is 0.415. The van der Waals surface area contributed by atoms with E-state index in [-0.39, 0.29) is 34.9 Å². The molecule has 0 saturated carbocycles. The Kier molecular flexibility index (Phi) is 6.05. The lowest BCUT2D eigenvalue weighted by atomic mass is 10.3. The summed E-state index contributed by atoms with van der Waals surface area (Å²) >= 11 is 1.52. The van der Waals surface area contributed by atoms with Gasteiger partial charge in [0.25, 0.3) is 11.1 Å². The minimum absolute atomic E-state index is 0.0832. The van der Waals surface area contributed by atoms with Crippen LogP contribution in [0.15, 0.2) is 31.9 Å². The summed E-state index contributed by atoms with van der Waals surface area (Å²) in [6.07, 6.45) is 3.10. The Morgan fingerprint density at radius 3 is 2.31 bits per heavy atom. The molecule has 0 aliphatic heterocycles. The molecule has 0 aromatic carbocycles. The van der Waals surface area contributed by atoms with E-state index in [0.717, 1.165) is 24.1 Å². The number of thiophene rings is 1. The van der Waals surface area contributed by atoms with E-state index in [4.69, 9.17) is 0 Å². The van der Waals surface area contributed by atoms with Crippen LogP contribution in [0, 0.1) is 6.92 Å². The normalized spacial score (nSPS) is 11.7. The maximum Gasteiger partial charge on any atom is 0.332 e. The zero-order valence-electron chi connectivity index (χ0n) is 18.5. The van der Waals surface area contributed by atoms with Crippen molar-refractivity contribution >= 4 is 28.3 Å². The number of aryl methyl sites for hydroxylation is 1. The van der Waals surface area contributed by atoms with Gasteiger partial charge in [0, 0.05) is 18.0 Å². The zero-order valence-corrected chi connectivity index (χ0v) is 19.3. The maximum atomic E-state index is 13.4. The van der Waals surface area contributed by atoms with Gasteiger partial charge in [-0.3, -0.25) is 23.3 Å². The molecular formula is C22H27N5O4S. The number of hydrogen-bond acceptors (Lipinski definition) is 6. The third-order valence-corrected chi connectivity index (χ3v) is 6.59. The fourth-order valence-corrected chi connectivity index (χ4v) is 4.59. The van der Waals surface area contributed by atoms with Gasteiger partial charge in [0.05, 0.1) is 12.1 Å². The molecule has 4 aromatic heterocycles. The van der Waals surface area contributed by atoms with E-state index in [2.05, 4.69) is 4.98 Å². The van der Waals surface area contributed by atoms with Crippen molar-refractivity contribution in [2.45, 2.75) is 66.1 Å². The molecule has 4 rings (SSSR count). The maximum absolute atomic E-state index is 13.4. The fourth-order valence-electron chi connectivity index (χ4n) is 3.90. The summed E-state index contributed by atoms with van der Waals surface area (Å²) in [7, 11) is 0. The average Bonchev–Trinajstić information content (AvgIpc) is 3.43. The molecule has 0 atom stereocenters. The van der Waals surface area contributed by atoms with Crippen LogP contribution in [-0.4, -0.2) is 28.2 Å². The van der Waals surface area contributed by atoms with E-state index < -0.39 is 16.8 Å². The Morgan fingerprint density at radius 1 is 1.00 bits per heavy atom. The average molecular weight is 458 g/mol. The van der Waals surface area contributed by atoms with Crippen LogP contribution in [0.25, 0.3) is 16.9 Å². The number of unbranched alkanes of at least 4 members (excludes halogenated alkanes) is 2. The largest absolute Gasteiger partial charge is 0.494 e. The van der Waals surface area contributed by atoms with E-state index >= 15 is 0 Å². The number of aromatic hydroxyl groups is 1. The summed E-state index contributed by atoms with van der Waals surface area (Å²) in [5.41, 5.74) is -1.06. The lowest BCUT2D eigenvalue weighted by Gasteiger charge is -2.12. The number of imidazole rings is 1. The van der Waals surface area contributed by atoms with Crippen molar-refractivity contribution in [2.75, 3.05) is 0 Å². The van der Waals surface area contributed by atoms with Crippen LogP contribution in [0.2, 0.25) is 0 Å². The zero-order chi connectivity index (χ0) is 23.0. The van der Waals surface area contributed by atoms with Gasteiger partial charge >= 0.3 is 5.69 Å². The summed E-state index contributed by atoms with van der Waals surface area (Å²) in [5.74, 6) is -0.0449. The van der Waals surface area contributed by atoms with E-state index in [9.17, 15) is 19.5 Å². The Morgan fingerprint density at radius 2 is 1.69 bits per heavy atom. The first kappa shape index (κ1) is 22.1. The third kappa shape index (κ3) is 3.48. The molecule has 0 spiro atoms. The highest BCUT2D eigenvalue weighted by molar-refractivity contribution is 7.09. The van der Waals surface area contributed by atoms with Crippen molar-refractivity contribution in [1.82, 2.24) is 23.1 Å². The SMILES string of the molecule is CCCCn1c(=O)c2c(nc3n(Cc4cccs4)c(O)c(C)c(=O)n23)n(CCCC)c1=O. The quantitative estimate of drug-likeness (QED) is 0.438. The van der Waals surface area contributed by atoms with Crippen LogP contribution in [0.5, 0.6) is 5.88 Å². The molecule has 0 aliphatic rings. The predicted molar refractivity (Wildman–Crippen MR) is 125 cm³/mol. The van der Waals surface area contributed by atoms with E-state index in [1.165, 1.54) is 36.4 Å². The van der Waals surface area contributed by atoms with Crippen LogP contribution in [-0.2, 0) is 19.6 Å². The van der Waals surface area contributed by atoms with Crippen molar-refractivity contribution in [2.24, 2.45) is 0 Å². The highest BCUT2D eigenvalue weighted by Crippen LogP contribution is 2.22.